The van der Waals surface area contributed by atoms with E-state index in [-0.39, 0.29) is 14.3 Å². The fourth-order valence-corrected chi connectivity index (χ4v) is 2.24. The molecule has 0 aromatic rings. The summed E-state index contributed by atoms with van der Waals surface area (Å²) in [6.07, 6.45) is 6.21. The van der Waals surface area contributed by atoms with Crippen molar-refractivity contribution in [3.63, 3.8) is 0 Å². The maximum Gasteiger partial charge on any atom is 0.306 e. The van der Waals surface area contributed by atoms with Crippen molar-refractivity contribution in [1.29, 1.82) is 0 Å². The molecule has 0 fully saturated rings. The van der Waals surface area contributed by atoms with Crippen LogP contribution in [0.25, 0.3) is 0 Å². The lowest BCUT2D eigenvalue weighted by atomic mass is 10.1. The second-order valence-corrected chi connectivity index (χ2v) is 6.43. The zero-order chi connectivity index (χ0) is 13.7. The first-order valence-electron chi connectivity index (χ1n) is 5.81. The Morgan fingerprint density at radius 2 is 1.61 bits per heavy atom. The predicted octanol–water partition coefficient (Wildman–Crippen LogP) is 3.38. The molecule has 0 saturated heterocycles. The number of rotatable bonds is 8. The maximum atomic E-state index is 10.2. The number of thioether (sulfide) groups is 2. The molecule has 0 aliphatic rings. The minimum atomic E-state index is -0.691. The molecule has 1 N–H and O–H groups in total. The van der Waals surface area contributed by atoms with Gasteiger partial charge in [0.1, 0.15) is 0 Å². The molecule has 18 heavy (non-hydrogen) atoms. The summed E-state index contributed by atoms with van der Waals surface area (Å²) < 4.78 is 0. The van der Waals surface area contributed by atoms with E-state index in [4.69, 9.17) is 5.11 Å². The molecule has 0 amide bonds. The molecule has 0 saturated carbocycles. The van der Waals surface area contributed by atoms with Gasteiger partial charge in [0.25, 0.3) is 0 Å². The Kier molecular flexibility index (Phi) is 23.1. The smallest absolute Gasteiger partial charge is 0.306 e. The lowest BCUT2D eigenvalue weighted by molar-refractivity contribution is -0.141. The number of hydrogen-bond acceptors (Lipinski definition) is 4. The van der Waals surface area contributed by atoms with Crippen molar-refractivity contribution in [3.8, 4) is 0 Å². The van der Waals surface area contributed by atoms with Crippen LogP contribution in [0.2, 0.25) is 0 Å². The fraction of sp³-hybridized carbons (Fsp3) is 0.917. The molecule has 107 valence electrons. The zero-order valence-corrected chi connectivity index (χ0v) is 14.4. The Balaban J connectivity index is -0.000000238. The van der Waals surface area contributed by atoms with E-state index < -0.39 is 5.97 Å². The number of carboxylic acid groups (broad SMARTS) is 1. The quantitative estimate of drug-likeness (QED) is 0.532. The maximum absolute atomic E-state index is 10.2. The van der Waals surface area contributed by atoms with Crippen LogP contribution in [-0.4, -0.2) is 49.3 Å². The van der Waals surface area contributed by atoms with E-state index in [0.29, 0.717) is 0 Å². The summed E-state index contributed by atoms with van der Waals surface area (Å²) in [5, 5.41) is 8.40. The molecule has 0 unspecified atom stereocenters. The van der Waals surface area contributed by atoms with Gasteiger partial charge in [0.2, 0.25) is 0 Å². The van der Waals surface area contributed by atoms with Gasteiger partial charge in [-0.2, -0.15) is 36.2 Å². The van der Waals surface area contributed by atoms with Crippen molar-refractivity contribution in [1.82, 2.24) is 0 Å². The van der Waals surface area contributed by atoms with Crippen LogP contribution in [0.15, 0.2) is 0 Å². The third kappa shape index (κ3) is 18.9. The molecule has 6 heteroatoms. The van der Waals surface area contributed by atoms with Crippen LogP contribution in [0.5, 0.6) is 0 Å². The number of aliphatic carboxylic acids is 1. The number of carbonyl (C=O) groups is 1. The van der Waals surface area contributed by atoms with Gasteiger partial charge in [0, 0.05) is 8.41 Å². The Morgan fingerprint density at radius 1 is 1.17 bits per heavy atom. The van der Waals surface area contributed by atoms with Crippen LogP contribution in [0.3, 0.4) is 0 Å². The summed E-state index contributed by atoms with van der Waals surface area (Å²) in [6.45, 7) is 3.97. The zero-order valence-electron chi connectivity index (χ0n) is 11.9. The minimum Gasteiger partial charge on any atom is -0.481 e. The standard InChI is InChI=1S/C6H12O2S.C6H14S2.B/c1-5(6(7)8)3-4-9-2;1-6(5-7)3-4-8-2;/h5H,3-4H2,1-2H3,(H,7,8);6-7H,3-5H2,1-2H3;/t5-;6-;/m00./s1. The highest BCUT2D eigenvalue weighted by molar-refractivity contribution is 7.98. The molecule has 0 heterocycles. The van der Waals surface area contributed by atoms with Gasteiger partial charge in [0.05, 0.1) is 5.92 Å². The van der Waals surface area contributed by atoms with Crippen molar-refractivity contribution in [2.75, 3.05) is 29.8 Å². The van der Waals surface area contributed by atoms with E-state index in [1.807, 2.05) is 18.0 Å². The molecule has 0 aliphatic heterocycles. The molecule has 3 radical (unpaired) electrons. The topological polar surface area (TPSA) is 37.3 Å². The van der Waals surface area contributed by atoms with Crippen LogP contribution in [0.4, 0.5) is 0 Å². The average Bonchev–Trinajstić information content (AvgIpc) is 2.33. The summed E-state index contributed by atoms with van der Waals surface area (Å²) in [7, 11) is 0. The van der Waals surface area contributed by atoms with Gasteiger partial charge in [-0.05, 0) is 48.5 Å². The summed E-state index contributed by atoms with van der Waals surface area (Å²) in [5.41, 5.74) is 0. The van der Waals surface area contributed by atoms with Crippen LogP contribution in [0, 0.1) is 11.8 Å². The third-order valence-corrected chi connectivity index (χ3v) is 4.21. The van der Waals surface area contributed by atoms with Gasteiger partial charge < -0.3 is 5.11 Å². The highest BCUT2D eigenvalue weighted by atomic mass is 32.2. The van der Waals surface area contributed by atoms with E-state index in [9.17, 15) is 4.79 Å². The van der Waals surface area contributed by atoms with E-state index in [2.05, 4.69) is 25.8 Å². The summed E-state index contributed by atoms with van der Waals surface area (Å²) >= 11 is 7.77. The molecule has 2 nitrogen and oxygen atoms in total. The molecule has 2 atom stereocenters. The van der Waals surface area contributed by atoms with Gasteiger partial charge in [-0.3, -0.25) is 4.79 Å². The molecule has 0 rings (SSSR count). The van der Waals surface area contributed by atoms with Gasteiger partial charge >= 0.3 is 5.97 Å². The lowest BCUT2D eigenvalue weighted by Crippen LogP contribution is -2.09. The highest BCUT2D eigenvalue weighted by Gasteiger charge is 2.08. The number of hydrogen-bond donors (Lipinski definition) is 2. The van der Waals surface area contributed by atoms with Crippen LogP contribution in [-0.2, 0) is 4.79 Å². The fourth-order valence-electron chi connectivity index (χ4n) is 0.828. The first-order chi connectivity index (χ1) is 7.99. The van der Waals surface area contributed by atoms with Gasteiger partial charge in [0.15, 0.2) is 0 Å². The second-order valence-electron chi connectivity index (χ2n) is 4.09. The SMILES string of the molecule is CSCC[C@H](C)C(=O)O.CSCC[C@H](C)CS.[B]. The van der Waals surface area contributed by atoms with Crippen molar-refractivity contribution < 1.29 is 9.90 Å². The Hall–Kier alpha value is 0.585. The monoisotopic (exact) mass is 309 g/mol. The minimum absolute atomic E-state index is 0. The second kappa shape index (κ2) is 17.6. The summed E-state index contributed by atoms with van der Waals surface area (Å²) in [5.74, 6) is 3.17. The van der Waals surface area contributed by atoms with Crippen molar-refractivity contribution in [3.05, 3.63) is 0 Å². The van der Waals surface area contributed by atoms with E-state index in [1.165, 1.54) is 12.2 Å². The van der Waals surface area contributed by atoms with Crippen molar-refractivity contribution >= 4 is 50.5 Å². The Morgan fingerprint density at radius 3 is 1.94 bits per heavy atom. The highest BCUT2D eigenvalue weighted by Crippen LogP contribution is 2.07. The molecular weight excluding hydrogens is 283 g/mol. The van der Waals surface area contributed by atoms with E-state index in [1.54, 1.807) is 18.7 Å². The molecule has 0 aliphatic carbocycles. The first-order valence-corrected chi connectivity index (χ1v) is 9.23. The Labute approximate surface area is 128 Å². The first kappa shape index (κ1) is 23.7. The molecule has 0 aromatic carbocycles. The summed E-state index contributed by atoms with van der Waals surface area (Å²) in [4.78, 5) is 10.2. The van der Waals surface area contributed by atoms with Gasteiger partial charge in [-0.15, -0.1) is 0 Å². The van der Waals surface area contributed by atoms with Gasteiger partial charge in [-0.1, -0.05) is 13.8 Å². The third-order valence-electron chi connectivity index (χ3n) is 2.30. The van der Waals surface area contributed by atoms with Crippen molar-refractivity contribution in [2.24, 2.45) is 11.8 Å². The van der Waals surface area contributed by atoms with E-state index in [0.717, 1.165) is 23.8 Å². The van der Waals surface area contributed by atoms with Crippen LogP contribution >= 0.6 is 36.2 Å². The van der Waals surface area contributed by atoms with Crippen molar-refractivity contribution in [2.45, 2.75) is 26.7 Å². The molecule has 0 spiro atoms. The molecule has 0 bridgehead atoms. The predicted molar refractivity (Wildman–Crippen MR) is 91.6 cm³/mol. The van der Waals surface area contributed by atoms with Crippen LogP contribution < -0.4 is 0 Å². The number of thiol groups is 1. The Bertz CT molecular complexity index is 183. The summed E-state index contributed by atoms with van der Waals surface area (Å²) in [6, 6.07) is 0. The lowest BCUT2D eigenvalue weighted by Gasteiger charge is -2.03. The number of carboxylic acids is 1. The van der Waals surface area contributed by atoms with Crippen LogP contribution in [0.1, 0.15) is 26.7 Å². The molecule has 0 aromatic heterocycles. The molecular formula is C12H26BO2S3. The normalized spacial score (nSPS) is 12.7. The van der Waals surface area contributed by atoms with E-state index >= 15 is 0 Å². The average molecular weight is 309 g/mol. The van der Waals surface area contributed by atoms with Gasteiger partial charge in [-0.25, -0.2) is 0 Å². The largest absolute Gasteiger partial charge is 0.481 e.